The van der Waals surface area contributed by atoms with Crippen molar-refractivity contribution in [1.82, 2.24) is 19.7 Å². The first kappa shape index (κ1) is 17.3. The van der Waals surface area contributed by atoms with Crippen LogP contribution >= 0.6 is 11.6 Å². The van der Waals surface area contributed by atoms with Crippen molar-refractivity contribution in [2.45, 2.75) is 32.9 Å². The summed E-state index contributed by atoms with van der Waals surface area (Å²) in [7, 11) is 0. The number of hydrogen-bond donors (Lipinski definition) is 1. The fourth-order valence-electron chi connectivity index (χ4n) is 2.68. The van der Waals surface area contributed by atoms with Gasteiger partial charge in [-0.15, -0.1) is 0 Å². The van der Waals surface area contributed by atoms with Crippen molar-refractivity contribution in [3.8, 4) is 5.69 Å². The third-order valence-corrected chi connectivity index (χ3v) is 4.48. The third kappa shape index (κ3) is 4.31. The summed E-state index contributed by atoms with van der Waals surface area (Å²) in [5, 5.41) is 7.92. The summed E-state index contributed by atoms with van der Waals surface area (Å²) >= 11 is 5.98. The molecule has 0 aliphatic carbocycles. The number of carbonyl (C=O) groups excluding carboxylic acids is 1. The summed E-state index contributed by atoms with van der Waals surface area (Å²) in [5.41, 5.74) is 2.92. The summed E-state index contributed by atoms with van der Waals surface area (Å²) in [6.07, 6.45) is 6.10. The third-order valence-electron chi connectivity index (χ3n) is 4.10. The van der Waals surface area contributed by atoms with Gasteiger partial charge in [0.1, 0.15) is 0 Å². The average Bonchev–Trinajstić information content (AvgIpc) is 3.24. The van der Waals surface area contributed by atoms with Gasteiger partial charge in [0.2, 0.25) is 5.91 Å². The predicted octanol–water partition coefficient (Wildman–Crippen LogP) is 3.90. The highest BCUT2D eigenvalue weighted by Gasteiger charge is 2.11. The molecule has 3 rings (SSSR count). The Bertz CT molecular complexity index is 835. The quantitative estimate of drug-likeness (QED) is 0.728. The van der Waals surface area contributed by atoms with Gasteiger partial charge in [0, 0.05) is 37.2 Å². The number of aryl methyl sites for hydroxylation is 2. The van der Waals surface area contributed by atoms with E-state index in [0.717, 1.165) is 16.9 Å². The SMILES string of the molecule is Cc1nn(CCC(=O)NC(C)c2cccc(-n3cccc3)c2)cc1Cl. The lowest BCUT2D eigenvalue weighted by atomic mass is 10.1. The molecule has 3 aromatic rings. The highest BCUT2D eigenvalue weighted by Crippen LogP contribution is 2.17. The molecule has 0 aliphatic rings. The molecule has 130 valence electrons. The zero-order valence-electron chi connectivity index (χ0n) is 14.3. The van der Waals surface area contributed by atoms with Gasteiger partial charge in [-0.1, -0.05) is 23.7 Å². The van der Waals surface area contributed by atoms with Gasteiger partial charge < -0.3 is 9.88 Å². The van der Waals surface area contributed by atoms with Gasteiger partial charge in [0.25, 0.3) is 0 Å². The number of hydrogen-bond acceptors (Lipinski definition) is 2. The van der Waals surface area contributed by atoms with Crippen molar-refractivity contribution < 1.29 is 4.79 Å². The van der Waals surface area contributed by atoms with E-state index >= 15 is 0 Å². The zero-order chi connectivity index (χ0) is 17.8. The molecule has 1 aromatic carbocycles. The molecular weight excluding hydrogens is 336 g/mol. The van der Waals surface area contributed by atoms with Crippen LogP contribution in [0.2, 0.25) is 5.02 Å². The minimum Gasteiger partial charge on any atom is -0.350 e. The van der Waals surface area contributed by atoms with Crippen molar-refractivity contribution in [2.75, 3.05) is 0 Å². The molecule has 1 unspecified atom stereocenters. The number of nitrogens with one attached hydrogen (secondary N) is 1. The van der Waals surface area contributed by atoms with Crippen molar-refractivity contribution in [1.29, 1.82) is 0 Å². The van der Waals surface area contributed by atoms with Gasteiger partial charge in [-0.25, -0.2) is 0 Å². The minimum absolute atomic E-state index is 0.0110. The summed E-state index contributed by atoms with van der Waals surface area (Å²) in [4.78, 5) is 12.2. The highest BCUT2D eigenvalue weighted by atomic mass is 35.5. The van der Waals surface area contributed by atoms with Gasteiger partial charge in [-0.3, -0.25) is 9.48 Å². The molecule has 0 saturated carbocycles. The minimum atomic E-state index is -0.0639. The van der Waals surface area contributed by atoms with Crippen LogP contribution in [0.5, 0.6) is 0 Å². The molecule has 1 amide bonds. The van der Waals surface area contributed by atoms with Crippen LogP contribution in [0.25, 0.3) is 5.69 Å². The van der Waals surface area contributed by atoms with E-state index in [1.165, 1.54) is 0 Å². The van der Waals surface area contributed by atoms with Crippen LogP contribution in [0.1, 0.15) is 30.6 Å². The Morgan fingerprint density at radius 3 is 2.72 bits per heavy atom. The average molecular weight is 357 g/mol. The van der Waals surface area contributed by atoms with Crippen LogP contribution in [-0.2, 0) is 11.3 Å². The smallest absolute Gasteiger partial charge is 0.222 e. The van der Waals surface area contributed by atoms with Gasteiger partial charge in [-0.05, 0) is 43.7 Å². The maximum atomic E-state index is 12.2. The Kier molecular flexibility index (Phi) is 5.24. The Balaban J connectivity index is 1.59. The van der Waals surface area contributed by atoms with E-state index in [-0.39, 0.29) is 11.9 Å². The first-order valence-corrected chi connectivity index (χ1v) is 8.63. The molecule has 1 atom stereocenters. The summed E-state index contributed by atoms with van der Waals surface area (Å²) in [6.45, 7) is 4.34. The maximum Gasteiger partial charge on any atom is 0.222 e. The largest absolute Gasteiger partial charge is 0.350 e. The summed E-state index contributed by atoms with van der Waals surface area (Å²) < 4.78 is 3.75. The second kappa shape index (κ2) is 7.57. The Labute approximate surface area is 152 Å². The highest BCUT2D eigenvalue weighted by molar-refractivity contribution is 6.31. The number of nitrogens with zero attached hydrogens (tertiary/aromatic N) is 3. The zero-order valence-corrected chi connectivity index (χ0v) is 15.1. The molecule has 0 aliphatic heterocycles. The monoisotopic (exact) mass is 356 g/mol. The predicted molar refractivity (Wildman–Crippen MR) is 98.9 cm³/mol. The number of amides is 1. The molecule has 0 radical (unpaired) electrons. The van der Waals surface area contributed by atoms with Crippen molar-refractivity contribution in [2.24, 2.45) is 0 Å². The van der Waals surface area contributed by atoms with Crippen LogP contribution in [0.4, 0.5) is 0 Å². The standard InChI is InChI=1S/C19H21ClN4O/c1-14(16-6-5-7-17(12-16)23-9-3-4-10-23)21-19(25)8-11-24-13-18(20)15(2)22-24/h3-7,9-10,12-14H,8,11H2,1-2H3,(H,21,25). The lowest BCUT2D eigenvalue weighted by Crippen LogP contribution is -2.27. The number of rotatable bonds is 6. The summed E-state index contributed by atoms with van der Waals surface area (Å²) in [5.74, 6) is -0.0110. The van der Waals surface area contributed by atoms with Crippen LogP contribution in [-0.4, -0.2) is 20.3 Å². The number of aromatic nitrogens is 3. The molecule has 6 heteroatoms. The molecule has 5 nitrogen and oxygen atoms in total. The fourth-order valence-corrected chi connectivity index (χ4v) is 2.83. The van der Waals surface area contributed by atoms with E-state index in [0.29, 0.717) is 18.0 Å². The maximum absolute atomic E-state index is 12.2. The van der Waals surface area contributed by atoms with Gasteiger partial charge in [0.05, 0.1) is 16.8 Å². The molecular formula is C19H21ClN4O. The fraction of sp³-hybridized carbons (Fsp3) is 0.263. The lowest BCUT2D eigenvalue weighted by Gasteiger charge is -2.16. The van der Waals surface area contributed by atoms with E-state index in [1.54, 1.807) is 10.9 Å². The molecule has 2 heterocycles. The first-order valence-electron chi connectivity index (χ1n) is 8.25. The Hall–Kier alpha value is -2.53. The molecule has 0 spiro atoms. The first-order chi connectivity index (χ1) is 12.0. The Morgan fingerprint density at radius 1 is 1.28 bits per heavy atom. The Morgan fingerprint density at radius 2 is 2.04 bits per heavy atom. The van der Waals surface area contributed by atoms with Gasteiger partial charge in [-0.2, -0.15) is 5.10 Å². The number of carbonyl (C=O) groups is 1. The van der Waals surface area contributed by atoms with Crippen LogP contribution in [0.15, 0.2) is 55.0 Å². The van der Waals surface area contributed by atoms with E-state index in [4.69, 9.17) is 11.6 Å². The second-order valence-electron chi connectivity index (χ2n) is 6.05. The molecule has 1 N–H and O–H groups in total. The van der Waals surface area contributed by atoms with Crippen LogP contribution < -0.4 is 5.32 Å². The van der Waals surface area contributed by atoms with Crippen LogP contribution in [0.3, 0.4) is 0 Å². The molecule has 0 bridgehead atoms. The number of benzene rings is 1. The van der Waals surface area contributed by atoms with Gasteiger partial charge in [0.15, 0.2) is 0 Å². The van der Waals surface area contributed by atoms with E-state index < -0.39 is 0 Å². The van der Waals surface area contributed by atoms with Crippen molar-refractivity contribution in [3.05, 3.63) is 71.3 Å². The van der Waals surface area contributed by atoms with Crippen molar-refractivity contribution >= 4 is 17.5 Å². The second-order valence-corrected chi connectivity index (χ2v) is 6.46. The number of halogens is 1. The topological polar surface area (TPSA) is 51.9 Å². The van der Waals surface area contributed by atoms with E-state index in [1.807, 2.05) is 61.1 Å². The van der Waals surface area contributed by atoms with Gasteiger partial charge >= 0.3 is 0 Å². The van der Waals surface area contributed by atoms with E-state index in [9.17, 15) is 4.79 Å². The van der Waals surface area contributed by atoms with Crippen molar-refractivity contribution in [3.63, 3.8) is 0 Å². The molecule has 0 fully saturated rings. The molecule has 25 heavy (non-hydrogen) atoms. The molecule has 0 saturated heterocycles. The summed E-state index contributed by atoms with van der Waals surface area (Å²) in [6, 6.07) is 12.1. The van der Waals surface area contributed by atoms with Crippen LogP contribution in [0, 0.1) is 6.92 Å². The lowest BCUT2D eigenvalue weighted by molar-refractivity contribution is -0.122. The molecule has 2 aromatic heterocycles. The normalized spacial score (nSPS) is 12.1. The van der Waals surface area contributed by atoms with E-state index in [2.05, 4.69) is 16.5 Å².